The molecule has 0 unspecified atom stereocenters. The molecule has 2 rings (SSSR count). The molecule has 104 valence electrons. The molecule has 0 saturated carbocycles. The number of carbonyl (C=O) groups is 1. The fourth-order valence-electron chi connectivity index (χ4n) is 2.05. The number of hydrogen-bond acceptors (Lipinski definition) is 2. The normalized spacial score (nSPS) is 11.8. The number of benzene rings is 2. The maximum Gasteiger partial charge on any atom is 0.231 e. The molecule has 0 spiro atoms. The van der Waals surface area contributed by atoms with Crippen molar-refractivity contribution < 1.29 is 9.53 Å². The Balaban J connectivity index is 2.18. The quantitative estimate of drug-likeness (QED) is 0.918. The first-order valence-electron chi connectivity index (χ1n) is 6.62. The molecule has 0 aliphatic carbocycles. The van der Waals surface area contributed by atoms with Gasteiger partial charge in [-0.25, -0.2) is 0 Å². The molecule has 1 atom stereocenters. The number of amides is 1. The molecule has 0 aliphatic heterocycles. The Morgan fingerprint density at radius 1 is 1.15 bits per heavy atom. The van der Waals surface area contributed by atoms with Gasteiger partial charge in [0.15, 0.2) is 0 Å². The SMILES string of the molecule is COc1ccc(C)cc1NC(=O)[C@@H](C)c1ccccc1. The van der Waals surface area contributed by atoms with Crippen LogP contribution < -0.4 is 10.1 Å². The lowest BCUT2D eigenvalue weighted by atomic mass is 10.0. The van der Waals surface area contributed by atoms with Crippen molar-refractivity contribution in [3.8, 4) is 5.75 Å². The highest BCUT2D eigenvalue weighted by molar-refractivity contribution is 5.96. The maximum absolute atomic E-state index is 12.3. The van der Waals surface area contributed by atoms with Gasteiger partial charge >= 0.3 is 0 Å². The van der Waals surface area contributed by atoms with Crippen LogP contribution >= 0.6 is 0 Å². The molecule has 3 nitrogen and oxygen atoms in total. The minimum absolute atomic E-state index is 0.0416. The number of anilines is 1. The monoisotopic (exact) mass is 269 g/mol. The van der Waals surface area contributed by atoms with Crippen LogP contribution in [0.2, 0.25) is 0 Å². The van der Waals surface area contributed by atoms with Crippen molar-refractivity contribution in [2.24, 2.45) is 0 Å². The Hall–Kier alpha value is -2.29. The van der Waals surface area contributed by atoms with Gasteiger partial charge in [-0.05, 0) is 37.1 Å². The zero-order valence-corrected chi connectivity index (χ0v) is 12.0. The lowest BCUT2D eigenvalue weighted by Crippen LogP contribution is -2.19. The molecule has 0 heterocycles. The zero-order chi connectivity index (χ0) is 14.5. The Kier molecular flexibility index (Phi) is 4.41. The Morgan fingerprint density at radius 2 is 1.85 bits per heavy atom. The summed E-state index contributed by atoms with van der Waals surface area (Å²) in [6.07, 6.45) is 0. The summed E-state index contributed by atoms with van der Waals surface area (Å²) in [7, 11) is 1.60. The molecule has 20 heavy (non-hydrogen) atoms. The van der Waals surface area contributed by atoms with E-state index in [0.717, 1.165) is 11.1 Å². The van der Waals surface area contributed by atoms with Crippen LogP contribution in [0.15, 0.2) is 48.5 Å². The number of nitrogens with one attached hydrogen (secondary N) is 1. The van der Waals surface area contributed by atoms with E-state index in [-0.39, 0.29) is 11.8 Å². The van der Waals surface area contributed by atoms with Gasteiger partial charge in [0.05, 0.1) is 18.7 Å². The zero-order valence-electron chi connectivity index (χ0n) is 12.0. The topological polar surface area (TPSA) is 38.3 Å². The van der Waals surface area contributed by atoms with Crippen LogP contribution in [-0.4, -0.2) is 13.0 Å². The van der Waals surface area contributed by atoms with Crippen molar-refractivity contribution in [2.75, 3.05) is 12.4 Å². The van der Waals surface area contributed by atoms with E-state index in [1.165, 1.54) is 0 Å². The van der Waals surface area contributed by atoms with Gasteiger partial charge in [-0.15, -0.1) is 0 Å². The first-order valence-corrected chi connectivity index (χ1v) is 6.62. The minimum atomic E-state index is -0.207. The van der Waals surface area contributed by atoms with E-state index in [9.17, 15) is 4.79 Å². The van der Waals surface area contributed by atoms with Gasteiger partial charge in [-0.1, -0.05) is 36.4 Å². The second-order valence-corrected chi connectivity index (χ2v) is 4.83. The molecular weight excluding hydrogens is 250 g/mol. The number of hydrogen-bond donors (Lipinski definition) is 1. The summed E-state index contributed by atoms with van der Waals surface area (Å²) < 4.78 is 5.27. The smallest absolute Gasteiger partial charge is 0.231 e. The second kappa shape index (κ2) is 6.24. The van der Waals surface area contributed by atoms with Gasteiger partial charge in [-0.3, -0.25) is 4.79 Å². The lowest BCUT2D eigenvalue weighted by molar-refractivity contribution is -0.117. The summed E-state index contributed by atoms with van der Waals surface area (Å²) in [5.74, 6) is 0.422. The van der Waals surface area contributed by atoms with Gasteiger partial charge in [0.1, 0.15) is 5.75 Å². The van der Waals surface area contributed by atoms with Crippen molar-refractivity contribution in [1.82, 2.24) is 0 Å². The predicted octanol–water partition coefficient (Wildman–Crippen LogP) is 3.75. The summed E-state index contributed by atoms with van der Waals surface area (Å²) in [6, 6.07) is 15.5. The first-order chi connectivity index (χ1) is 9.61. The number of rotatable bonds is 4. The van der Waals surface area contributed by atoms with E-state index in [1.54, 1.807) is 7.11 Å². The summed E-state index contributed by atoms with van der Waals surface area (Å²) in [5, 5.41) is 2.94. The molecule has 0 aliphatic rings. The average molecular weight is 269 g/mol. The van der Waals surface area contributed by atoms with E-state index >= 15 is 0 Å². The summed E-state index contributed by atoms with van der Waals surface area (Å²) in [6.45, 7) is 3.88. The molecule has 0 fully saturated rings. The van der Waals surface area contributed by atoms with Gasteiger partial charge < -0.3 is 10.1 Å². The van der Waals surface area contributed by atoms with Crippen molar-refractivity contribution in [3.63, 3.8) is 0 Å². The molecule has 0 bridgehead atoms. The van der Waals surface area contributed by atoms with Crippen LogP contribution in [0.3, 0.4) is 0 Å². The number of aryl methyl sites for hydroxylation is 1. The largest absolute Gasteiger partial charge is 0.495 e. The van der Waals surface area contributed by atoms with E-state index in [4.69, 9.17) is 4.74 Å². The third-order valence-corrected chi connectivity index (χ3v) is 3.31. The molecule has 3 heteroatoms. The summed E-state index contributed by atoms with van der Waals surface area (Å²) in [5.41, 5.74) is 2.78. The average Bonchev–Trinajstić information content (AvgIpc) is 2.47. The van der Waals surface area contributed by atoms with Crippen molar-refractivity contribution in [2.45, 2.75) is 19.8 Å². The highest BCUT2D eigenvalue weighted by Crippen LogP contribution is 2.27. The molecule has 2 aromatic carbocycles. The predicted molar refractivity (Wildman–Crippen MR) is 81.2 cm³/mol. The number of ether oxygens (including phenoxy) is 1. The van der Waals surface area contributed by atoms with Gasteiger partial charge in [0, 0.05) is 0 Å². The van der Waals surface area contributed by atoms with Crippen molar-refractivity contribution >= 4 is 11.6 Å². The van der Waals surface area contributed by atoms with E-state index in [2.05, 4.69) is 5.32 Å². The number of methoxy groups -OCH3 is 1. The highest BCUT2D eigenvalue weighted by Gasteiger charge is 2.16. The molecular formula is C17H19NO2. The molecule has 0 aromatic heterocycles. The van der Waals surface area contributed by atoms with E-state index in [1.807, 2.05) is 62.4 Å². The second-order valence-electron chi connectivity index (χ2n) is 4.83. The Labute approximate surface area is 119 Å². The van der Waals surface area contributed by atoms with Crippen molar-refractivity contribution in [1.29, 1.82) is 0 Å². The molecule has 2 aromatic rings. The number of carbonyl (C=O) groups excluding carboxylic acids is 1. The van der Waals surface area contributed by atoms with Crippen LogP contribution in [0.5, 0.6) is 5.75 Å². The van der Waals surface area contributed by atoms with Crippen LogP contribution in [0, 0.1) is 6.92 Å². The maximum atomic E-state index is 12.3. The Morgan fingerprint density at radius 3 is 2.50 bits per heavy atom. The van der Waals surface area contributed by atoms with Crippen LogP contribution in [-0.2, 0) is 4.79 Å². The highest BCUT2D eigenvalue weighted by atomic mass is 16.5. The van der Waals surface area contributed by atoms with Gasteiger partial charge in [0.2, 0.25) is 5.91 Å². The fraction of sp³-hybridized carbons (Fsp3) is 0.235. The molecule has 1 N–H and O–H groups in total. The molecule has 0 radical (unpaired) electrons. The first kappa shape index (κ1) is 14.1. The van der Waals surface area contributed by atoms with Crippen LogP contribution in [0.4, 0.5) is 5.69 Å². The molecule has 1 amide bonds. The van der Waals surface area contributed by atoms with Crippen LogP contribution in [0.25, 0.3) is 0 Å². The third kappa shape index (κ3) is 3.18. The van der Waals surface area contributed by atoms with Gasteiger partial charge in [0.25, 0.3) is 0 Å². The minimum Gasteiger partial charge on any atom is -0.495 e. The van der Waals surface area contributed by atoms with E-state index < -0.39 is 0 Å². The van der Waals surface area contributed by atoms with Gasteiger partial charge in [-0.2, -0.15) is 0 Å². The van der Waals surface area contributed by atoms with Crippen LogP contribution in [0.1, 0.15) is 24.0 Å². The standard InChI is InChI=1S/C17H19NO2/c1-12-9-10-16(20-3)15(11-12)18-17(19)13(2)14-7-5-4-6-8-14/h4-11,13H,1-3H3,(H,18,19)/t13-/m0/s1. The third-order valence-electron chi connectivity index (χ3n) is 3.31. The lowest BCUT2D eigenvalue weighted by Gasteiger charge is -2.15. The van der Waals surface area contributed by atoms with Crippen molar-refractivity contribution in [3.05, 3.63) is 59.7 Å². The summed E-state index contributed by atoms with van der Waals surface area (Å²) in [4.78, 5) is 12.3. The molecule has 0 saturated heterocycles. The summed E-state index contributed by atoms with van der Waals surface area (Å²) >= 11 is 0. The Bertz CT molecular complexity index is 593. The van der Waals surface area contributed by atoms with E-state index in [0.29, 0.717) is 11.4 Å². The fourth-order valence-corrected chi connectivity index (χ4v) is 2.05.